The summed E-state index contributed by atoms with van der Waals surface area (Å²) in [5, 5.41) is 11.9. The molecule has 3 rings (SSSR count). The first-order valence-corrected chi connectivity index (χ1v) is 10.2. The minimum Gasteiger partial charge on any atom is -0.459 e. The van der Waals surface area contributed by atoms with E-state index in [2.05, 4.69) is 5.32 Å². The van der Waals surface area contributed by atoms with E-state index in [1.54, 1.807) is 13.0 Å². The third-order valence-electron chi connectivity index (χ3n) is 4.56. The number of carbonyl (C=O) groups is 1. The fourth-order valence-corrected chi connectivity index (χ4v) is 4.78. The lowest BCUT2D eigenvalue weighted by molar-refractivity contribution is 0.0895. The topological polar surface area (TPSA) is 103 Å². The summed E-state index contributed by atoms with van der Waals surface area (Å²) < 4.78 is 32.1. The van der Waals surface area contributed by atoms with Gasteiger partial charge in [0.25, 0.3) is 5.91 Å². The lowest BCUT2D eigenvalue weighted by atomic mass is 10.1. The molecule has 1 N–H and O–H groups in total. The van der Waals surface area contributed by atoms with Crippen LogP contribution in [0, 0.1) is 18.3 Å². The molecule has 1 saturated heterocycles. The van der Waals surface area contributed by atoms with Crippen molar-refractivity contribution in [2.75, 3.05) is 13.1 Å². The molecule has 0 aliphatic carbocycles. The molecular formula is C18H18ClN3O4S. The molecule has 27 heavy (non-hydrogen) atoms. The summed E-state index contributed by atoms with van der Waals surface area (Å²) in [5.41, 5.74) is 0.982. The molecule has 1 amide bonds. The van der Waals surface area contributed by atoms with Crippen LogP contribution in [-0.4, -0.2) is 37.8 Å². The number of aryl methyl sites for hydroxylation is 1. The Kier molecular flexibility index (Phi) is 5.56. The third kappa shape index (κ3) is 4.00. The Hall–Kier alpha value is -2.34. The van der Waals surface area contributed by atoms with Crippen molar-refractivity contribution in [3.8, 4) is 6.07 Å². The summed E-state index contributed by atoms with van der Waals surface area (Å²) in [4.78, 5) is 12.3. The molecule has 1 fully saturated rings. The standard InChI is InChI=1S/C18H18ClN3O4S/c1-12-6-9-26-17(12)18(23)21-14-4-7-22(8-5-14)27(24,25)15-3-2-13(11-20)16(19)10-15/h2-3,6,9-10,14H,4-5,7-8H2,1H3,(H,21,23). The number of sulfonamides is 1. The van der Waals surface area contributed by atoms with Crippen molar-refractivity contribution in [2.24, 2.45) is 0 Å². The summed E-state index contributed by atoms with van der Waals surface area (Å²) in [7, 11) is -3.70. The van der Waals surface area contributed by atoms with Crippen LogP contribution < -0.4 is 5.32 Å². The van der Waals surface area contributed by atoms with Crippen molar-refractivity contribution >= 4 is 27.5 Å². The van der Waals surface area contributed by atoms with Crippen molar-refractivity contribution < 1.29 is 17.6 Å². The Balaban J connectivity index is 1.64. The Morgan fingerprint density at radius 1 is 1.33 bits per heavy atom. The predicted octanol–water partition coefficient (Wildman–Crippen LogP) is 2.70. The van der Waals surface area contributed by atoms with Gasteiger partial charge in [-0.2, -0.15) is 9.57 Å². The number of hydrogen-bond donors (Lipinski definition) is 1. The van der Waals surface area contributed by atoms with Gasteiger partial charge in [-0.05, 0) is 44.0 Å². The van der Waals surface area contributed by atoms with Crippen LogP contribution in [0.25, 0.3) is 0 Å². The molecule has 1 aromatic heterocycles. The zero-order valence-electron chi connectivity index (χ0n) is 14.6. The number of nitrogens with one attached hydrogen (secondary N) is 1. The molecule has 142 valence electrons. The Morgan fingerprint density at radius 2 is 2.04 bits per heavy atom. The summed E-state index contributed by atoms with van der Waals surface area (Å²) in [5.74, 6) is -0.0186. The van der Waals surface area contributed by atoms with Crippen LogP contribution in [0.15, 0.2) is 39.8 Å². The number of piperidine rings is 1. The van der Waals surface area contributed by atoms with E-state index in [0.29, 0.717) is 12.8 Å². The molecule has 1 aromatic carbocycles. The lowest BCUT2D eigenvalue weighted by Gasteiger charge is -2.31. The molecule has 0 spiro atoms. The maximum absolute atomic E-state index is 12.8. The Labute approximate surface area is 162 Å². The van der Waals surface area contributed by atoms with Crippen LogP contribution >= 0.6 is 11.6 Å². The highest BCUT2D eigenvalue weighted by atomic mass is 35.5. The highest BCUT2D eigenvalue weighted by Gasteiger charge is 2.31. The van der Waals surface area contributed by atoms with Crippen LogP contribution in [0.4, 0.5) is 0 Å². The molecular weight excluding hydrogens is 390 g/mol. The highest BCUT2D eigenvalue weighted by molar-refractivity contribution is 7.89. The first kappa shape index (κ1) is 19.4. The van der Waals surface area contributed by atoms with Crippen LogP contribution in [0.3, 0.4) is 0 Å². The van der Waals surface area contributed by atoms with E-state index in [4.69, 9.17) is 21.3 Å². The second-order valence-electron chi connectivity index (χ2n) is 6.34. The summed E-state index contributed by atoms with van der Waals surface area (Å²) in [6, 6.07) is 7.57. The van der Waals surface area contributed by atoms with Gasteiger partial charge in [-0.15, -0.1) is 0 Å². The van der Waals surface area contributed by atoms with Crippen LogP contribution in [0.1, 0.15) is 34.5 Å². The van der Waals surface area contributed by atoms with E-state index in [1.807, 2.05) is 6.07 Å². The van der Waals surface area contributed by atoms with Gasteiger partial charge in [-0.1, -0.05) is 11.6 Å². The number of carbonyl (C=O) groups excluding carboxylic acids is 1. The first-order valence-electron chi connectivity index (χ1n) is 8.37. The van der Waals surface area contributed by atoms with E-state index in [-0.39, 0.29) is 46.3 Å². The van der Waals surface area contributed by atoms with Gasteiger partial charge in [0.05, 0.1) is 21.7 Å². The minimum atomic E-state index is -3.70. The molecule has 9 heteroatoms. The second-order valence-corrected chi connectivity index (χ2v) is 8.68. The van der Waals surface area contributed by atoms with Crippen LogP contribution in [0.2, 0.25) is 5.02 Å². The molecule has 0 atom stereocenters. The van der Waals surface area contributed by atoms with Gasteiger partial charge < -0.3 is 9.73 Å². The Morgan fingerprint density at radius 3 is 2.59 bits per heavy atom. The van der Waals surface area contributed by atoms with Crippen LogP contribution in [-0.2, 0) is 10.0 Å². The van der Waals surface area contributed by atoms with Gasteiger partial charge in [-0.25, -0.2) is 8.42 Å². The van der Waals surface area contributed by atoms with E-state index in [1.165, 1.54) is 28.8 Å². The maximum Gasteiger partial charge on any atom is 0.287 e. The van der Waals surface area contributed by atoms with Crippen molar-refractivity contribution in [2.45, 2.75) is 30.7 Å². The number of hydrogen-bond acceptors (Lipinski definition) is 5. The normalized spacial score (nSPS) is 16.0. The number of benzene rings is 1. The number of furan rings is 1. The average molecular weight is 408 g/mol. The van der Waals surface area contributed by atoms with Gasteiger partial charge in [0.1, 0.15) is 6.07 Å². The summed E-state index contributed by atoms with van der Waals surface area (Å²) >= 11 is 5.95. The summed E-state index contributed by atoms with van der Waals surface area (Å²) in [6.07, 6.45) is 2.45. The van der Waals surface area contributed by atoms with Gasteiger partial charge in [0.15, 0.2) is 5.76 Å². The van der Waals surface area contributed by atoms with Gasteiger partial charge >= 0.3 is 0 Å². The van der Waals surface area contributed by atoms with Crippen molar-refractivity contribution in [1.29, 1.82) is 5.26 Å². The predicted molar refractivity (Wildman–Crippen MR) is 98.9 cm³/mol. The molecule has 0 radical (unpaired) electrons. The average Bonchev–Trinajstić information content (AvgIpc) is 3.08. The smallest absolute Gasteiger partial charge is 0.287 e. The molecule has 0 unspecified atom stereocenters. The zero-order valence-corrected chi connectivity index (χ0v) is 16.2. The quantitative estimate of drug-likeness (QED) is 0.839. The van der Waals surface area contributed by atoms with Crippen LogP contribution in [0.5, 0.6) is 0 Å². The fourth-order valence-electron chi connectivity index (χ4n) is 2.99. The maximum atomic E-state index is 12.8. The second kappa shape index (κ2) is 7.72. The van der Waals surface area contributed by atoms with E-state index < -0.39 is 10.0 Å². The molecule has 2 aromatic rings. The van der Waals surface area contributed by atoms with Crippen molar-refractivity contribution in [1.82, 2.24) is 9.62 Å². The van der Waals surface area contributed by atoms with Crippen molar-refractivity contribution in [3.63, 3.8) is 0 Å². The molecule has 0 bridgehead atoms. The Bertz CT molecular complexity index is 1000. The van der Waals surface area contributed by atoms with Crippen molar-refractivity contribution in [3.05, 3.63) is 52.4 Å². The number of nitrogens with zero attached hydrogens (tertiary/aromatic N) is 2. The van der Waals surface area contributed by atoms with E-state index in [9.17, 15) is 13.2 Å². The first-order chi connectivity index (χ1) is 12.8. The van der Waals surface area contributed by atoms with E-state index >= 15 is 0 Å². The minimum absolute atomic E-state index is 0.0557. The van der Waals surface area contributed by atoms with E-state index in [0.717, 1.165) is 5.56 Å². The number of nitriles is 1. The molecule has 1 aliphatic heterocycles. The van der Waals surface area contributed by atoms with Gasteiger partial charge in [0.2, 0.25) is 10.0 Å². The SMILES string of the molecule is Cc1ccoc1C(=O)NC1CCN(S(=O)(=O)c2ccc(C#N)c(Cl)c2)CC1. The highest BCUT2D eigenvalue weighted by Crippen LogP contribution is 2.25. The summed E-state index contributed by atoms with van der Waals surface area (Å²) in [6.45, 7) is 2.35. The third-order valence-corrected chi connectivity index (χ3v) is 6.76. The molecule has 0 saturated carbocycles. The largest absolute Gasteiger partial charge is 0.459 e. The van der Waals surface area contributed by atoms with Gasteiger partial charge in [-0.3, -0.25) is 4.79 Å². The number of rotatable bonds is 4. The molecule has 2 heterocycles. The molecule has 1 aliphatic rings. The molecule has 7 nitrogen and oxygen atoms in total. The number of amides is 1. The fraction of sp³-hybridized carbons (Fsp3) is 0.333. The monoisotopic (exact) mass is 407 g/mol. The van der Waals surface area contributed by atoms with Gasteiger partial charge in [0, 0.05) is 24.7 Å². The zero-order chi connectivity index (χ0) is 19.6. The number of halogens is 1. The lowest BCUT2D eigenvalue weighted by Crippen LogP contribution is -2.46.